The summed E-state index contributed by atoms with van der Waals surface area (Å²) in [4.78, 5) is 26.7. The molecule has 3 rings (SSSR count). The summed E-state index contributed by atoms with van der Waals surface area (Å²) in [6, 6.07) is 19.3. The fraction of sp³-hybridized carbons (Fsp3) is 0.364. The summed E-state index contributed by atoms with van der Waals surface area (Å²) in [6.45, 7) is 5.74. The summed E-state index contributed by atoms with van der Waals surface area (Å²) in [5.41, 5.74) is 1.35. The third kappa shape index (κ3) is 3.79. The largest absolute Gasteiger partial charge is 0.440 e. The van der Waals surface area contributed by atoms with Gasteiger partial charge in [-0.25, -0.2) is 9.69 Å². The molecule has 136 valence electrons. The van der Waals surface area contributed by atoms with Crippen LogP contribution in [0.2, 0.25) is 0 Å². The van der Waals surface area contributed by atoms with Gasteiger partial charge in [0.2, 0.25) is 5.91 Å². The van der Waals surface area contributed by atoms with E-state index < -0.39 is 17.7 Å². The second-order valence-electron chi connectivity index (χ2n) is 7.55. The number of ether oxygens (including phenoxy) is 1. The predicted molar refractivity (Wildman–Crippen MR) is 101 cm³/mol. The molecule has 1 aliphatic heterocycles. The highest BCUT2D eigenvalue weighted by molar-refractivity contribution is 5.94. The van der Waals surface area contributed by atoms with Crippen molar-refractivity contribution in [2.45, 2.75) is 45.3 Å². The first-order chi connectivity index (χ1) is 12.4. The van der Waals surface area contributed by atoms with Gasteiger partial charge in [-0.3, -0.25) is 4.79 Å². The van der Waals surface area contributed by atoms with Crippen molar-refractivity contribution in [2.75, 3.05) is 0 Å². The Hall–Kier alpha value is -2.62. The molecule has 2 aromatic carbocycles. The number of nitrogens with zero attached hydrogens (tertiary/aromatic N) is 1. The van der Waals surface area contributed by atoms with Crippen molar-refractivity contribution in [1.82, 2.24) is 4.90 Å². The quantitative estimate of drug-likeness (QED) is 0.781. The highest BCUT2D eigenvalue weighted by Gasteiger charge is 2.51. The van der Waals surface area contributed by atoms with Gasteiger partial charge in [0.15, 0.2) is 0 Å². The Labute approximate surface area is 154 Å². The van der Waals surface area contributed by atoms with E-state index in [-0.39, 0.29) is 11.8 Å². The van der Waals surface area contributed by atoms with Gasteiger partial charge < -0.3 is 4.74 Å². The molecular formula is C22H25NO3. The van der Waals surface area contributed by atoms with Crippen molar-refractivity contribution in [2.24, 2.45) is 5.92 Å². The van der Waals surface area contributed by atoms with E-state index in [0.29, 0.717) is 6.42 Å². The van der Waals surface area contributed by atoms with Gasteiger partial charge in [-0.1, -0.05) is 67.6 Å². The number of carbonyl (C=O) groups is 2. The molecule has 0 aromatic heterocycles. The first-order valence-corrected chi connectivity index (χ1v) is 9.02. The molecule has 2 amide bonds. The molecule has 0 unspecified atom stereocenters. The molecule has 0 N–H and O–H groups in total. The molecule has 1 saturated heterocycles. The Morgan fingerprint density at radius 2 is 1.65 bits per heavy atom. The smallest absolute Gasteiger partial charge is 0.417 e. The van der Waals surface area contributed by atoms with E-state index in [2.05, 4.69) is 12.1 Å². The number of rotatable bonds is 5. The first-order valence-electron chi connectivity index (χ1n) is 9.02. The second-order valence-corrected chi connectivity index (χ2v) is 7.55. The van der Waals surface area contributed by atoms with Crippen molar-refractivity contribution in [3.8, 4) is 0 Å². The molecular weight excluding hydrogens is 326 g/mol. The Morgan fingerprint density at radius 3 is 2.27 bits per heavy atom. The summed E-state index contributed by atoms with van der Waals surface area (Å²) >= 11 is 0. The van der Waals surface area contributed by atoms with Crippen LogP contribution >= 0.6 is 0 Å². The Kier molecular flexibility index (Phi) is 5.12. The maximum atomic E-state index is 13.0. The molecule has 1 fully saturated rings. The fourth-order valence-corrected chi connectivity index (χ4v) is 3.66. The minimum absolute atomic E-state index is 0.137. The zero-order chi connectivity index (χ0) is 18.7. The van der Waals surface area contributed by atoms with E-state index in [1.807, 2.05) is 69.3 Å². The molecule has 26 heavy (non-hydrogen) atoms. The van der Waals surface area contributed by atoms with Gasteiger partial charge in [0.25, 0.3) is 0 Å². The van der Waals surface area contributed by atoms with Crippen molar-refractivity contribution < 1.29 is 14.3 Å². The average molecular weight is 351 g/mol. The number of hydrogen-bond acceptors (Lipinski definition) is 3. The van der Waals surface area contributed by atoms with E-state index in [0.717, 1.165) is 12.0 Å². The third-order valence-corrected chi connectivity index (χ3v) is 4.80. The van der Waals surface area contributed by atoms with Crippen molar-refractivity contribution in [3.05, 3.63) is 71.8 Å². The van der Waals surface area contributed by atoms with Gasteiger partial charge in [-0.15, -0.1) is 0 Å². The maximum Gasteiger partial charge on any atom is 0.417 e. The monoisotopic (exact) mass is 351 g/mol. The van der Waals surface area contributed by atoms with Crippen LogP contribution in [0, 0.1) is 5.92 Å². The molecule has 4 nitrogen and oxygen atoms in total. The fourth-order valence-electron chi connectivity index (χ4n) is 3.66. The van der Waals surface area contributed by atoms with Crippen molar-refractivity contribution >= 4 is 12.0 Å². The number of cyclic esters (lactones) is 1. The Morgan fingerprint density at radius 1 is 1.08 bits per heavy atom. The molecule has 1 heterocycles. The lowest BCUT2D eigenvalue weighted by Gasteiger charge is -2.28. The van der Waals surface area contributed by atoms with Gasteiger partial charge in [0, 0.05) is 6.42 Å². The Bertz CT molecular complexity index is 770. The van der Waals surface area contributed by atoms with Gasteiger partial charge >= 0.3 is 6.09 Å². The molecule has 1 aliphatic rings. The number of imide groups is 1. The minimum Gasteiger partial charge on any atom is -0.440 e. The van der Waals surface area contributed by atoms with Crippen LogP contribution in [-0.4, -0.2) is 22.5 Å². The molecule has 0 radical (unpaired) electrons. The van der Waals surface area contributed by atoms with Crippen LogP contribution in [0.3, 0.4) is 0 Å². The summed E-state index contributed by atoms with van der Waals surface area (Å²) in [7, 11) is 0. The molecule has 0 aliphatic carbocycles. The summed E-state index contributed by atoms with van der Waals surface area (Å²) in [5, 5.41) is 0. The van der Waals surface area contributed by atoms with Gasteiger partial charge in [-0.05, 0) is 37.3 Å². The third-order valence-electron chi connectivity index (χ3n) is 4.80. The Balaban J connectivity index is 1.77. The second kappa shape index (κ2) is 7.32. The number of amides is 2. The lowest BCUT2D eigenvalue weighted by Crippen LogP contribution is -2.38. The van der Waals surface area contributed by atoms with Crippen LogP contribution in [0.1, 0.15) is 44.4 Å². The zero-order valence-electron chi connectivity index (χ0n) is 15.5. The van der Waals surface area contributed by atoms with Crippen LogP contribution in [0.15, 0.2) is 60.7 Å². The summed E-state index contributed by atoms with van der Waals surface area (Å²) in [5.74, 6) is -0.0457. The number of hydrogen-bond donors (Lipinski definition) is 0. The van der Waals surface area contributed by atoms with Crippen LogP contribution in [-0.2, 0) is 16.0 Å². The average Bonchev–Trinajstić information content (AvgIpc) is 2.85. The van der Waals surface area contributed by atoms with E-state index >= 15 is 0 Å². The van der Waals surface area contributed by atoms with Crippen molar-refractivity contribution in [3.63, 3.8) is 0 Å². The molecule has 0 spiro atoms. The van der Waals surface area contributed by atoms with Crippen LogP contribution in [0.25, 0.3) is 0 Å². The standard InChI is InChI=1S/C22H25NO3/c1-16(14-17-10-6-4-7-11-17)15-19(24)23-20(18-12-8-5-9-13-18)22(2,3)26-21(23)25/h4-13,16,20H,14-15H2,1-3H3/t16-,20-/m0/s1. The molecule has 0 bridgehead atoms. The predicted octanol–water partition coefficient (Wildman–Crippen LogP) is 4.75. The first kappa shape index (κ1) is 18.2. The lowest BCUT2D eigenvalue weighted by molar-refractivity contribution is -0.130. The minimum atomic E-state index is -0.753. The molecule has 2 atom stereocenters. The van der Waals surface area contributed by atoms with Crippen LogP contribution in [0.5, 0.6) is 0 Å². The van der Waals surface area contributed by atoms with Crippen LogP contribution < -0.4 is 0 Å². The topological polar surface area (TPSA) is 46.6 Å². The van der Waals surface area contributed by atoms with E-state index in [4.69, 9.17) is 4.74 Å². The number of carbonyl (C=O) groups excluding carboxylic acids is 2. The van der Waals surface area contributed by atoms with Gasteiger partial charge in [0.05, 0.1) is 0 Å². The van der Waals surface area contributed by atoms with Gasteiger partial charge in [-0.2, -0.15) is 0 Å². The highest BCUT2D eigenvalue weighted by Crippen LogP contribution is 2.41. The van der Waals surface area contributed by atoms with E-state index in [9.17, 15) is 9.59 Å². The van der Waals surface area contributed by atoms with Gasteiger partial charge in [0.1, 0.15) is 11.6 Å². The highest BCUT2D eigenvalue weighted by atomic mass is 16.6. The molecule has 4 heteroatoms. The number of benzene rings is 2. The van der Waals surface area contributed by atoms with Crippen LogP contribution in [0.4, 0.5) is 4.79 Å². The van der Waals surface area contributed by atoms with Crippen molar-refractivity contribution in [1.29, 1.82) is 0 Å². The SMILES string of the molecule is C[C@H](CC(=O)N1C(=O)OC(C)(C)[C@@H]1c1ccccc1)Cc1ccccc1. The molecule has 0 saturated carbocycles. The van der Waals surface area contributed by atoms with E-state index in [1.165, 1.54) is 10.5 Å². The summed E-state index contributed by atoms with van der Waals surface area (Å²) in [6.07, 6.45) is 0.555. The molecule has 2 aromatic rings. The summed E-state index contributed by atoms with van der Waals surface area (Å²) < 4.78 is 5.52. The lowest BCUT2D eigenvalue weighted by atomic mass is 9.90. The zero-order valence-corrected chi connectivity index (χ0v) is 15.5. The normalized spacial score (nSPS) is 19.9. The van der Waals surface area contributed by atoms with E-state index in [1.54, 1.807) is 0 Å². The maximum absolute atomic E-state index is 13.0.